The van der Waals surface area contributed by atoms with Gasteiger partial charge in [-0.2, -0.15) is 4.99 Å². The van der Waals surface area contributed by atoms with E-state index < -0.39 is 0 Å². The van der Waals surface area contributed by atoms with Crippen LogP contribution < -0.4 is 10.1 Å². The summed E-state index contributed by atoms with van der Waals surface area (Å²) in [5.41, 5.74) is 3.92. The van der Waals surface area contributed by atoms with E-state index in [1.165, 1.54) is 0 Å². The Hall–Kier alpha value is -3.75. The first-order valence-corrected chi connectivity index (χ1v) is 12.6. The van der Waals surface area contributed by atoms with Crippen molar-refractivity contribution in [1.29, 1.82) is 0 Å². The number of hydrogen-bond acceptors (Lipinski definition) is 8. The number of imidazole rings is 1. The predicted octanol–water partition coefficient (Wildman–Crippen LogP) is 4.54. The number of phenols is 1. The number of aryl methyl sites for hydroxylation is 2. The van der Waals surface area contributed by atoms with Crippen molar-refractivity contribution in [3.8, 4) is 11.5 Å². The monoisotopic (exact) mass is 489 g/mol. The van der Waals surface area contributed by atoms with Crippen LogP contribution in [0.25, 0.3) is 0 Å². The minimum Gasteiger partial charge on any atom is -0.508 e. The highest BCUT2D eigenvalue weighted by atomic mass is 16.5. The summed E-state index contributed by atoms with van der Waals surface area (Å²) in [5.74, 6) is 3.06. The van der Waals surface area contributed by atoms with E-state index in [4.69, 9.17) is 9.73 Å². The number of benzene rings is 1. The number of anilines is 1. The molecule has 9 nitrogen and oxygen atoms in total. The van der Waals surface area contributed by atoms with Gasteiger partial charge in [-0.25, -0.2) is 4.98 Å². The molecular weight excluding hydrogens is 454 g/mol. The summed E-state index contributed by atoms with van der Waals surface area (Å²) in [6.07, 6.45) is 7.17. The number of likely N-dealkylation sites (tertiary alicyclic amines) is 1. The quantitative estimate of drug-likeness (QED) is 0.509. The Labute approximate surface area is 212 Å². The number of ether oxygens (including phenoxy) is 1. The van der Waals surface area contributed by atoms with Gasteiger partial charge >= 0.3 is 0 Å². The minimum atomic E-state index is -0.158. The van der Waals surface area contributed by atoms with Gasteiger partial charge < -0.3 is 29.5 Å². The van der Waals surface area contributed by atoms with Crippen molar-refractivity contribution in [2.75, 3.05) is 25.5 Å². The minimum absolute atomic E-state index is 0.158. The highest BCUT2D eigenvalue weighted by Crippen LogP contribution is 2.38. The van der Waals surface area contributed by atoms with E-state index in [2.05, 4.69) is 52.0 Å². The van der Waals surface area contributed by atoms with E-state index in [-0.39, 0.29) is 18.2 Å². The molecule has 0 radical (unpaired) electrons. The van der Waals surface area contributed by atoms with Gasteiger partial charge in [0.1, 0.15) is 29.5 Å². The summed E-state index contributed by atoms with van der Waals surface area (Å²) >= 11 is 0. The van der Waals surface area contributed by atoms with E-state index in [0.29, 0.717) is 5.75 Å². The number of rotatable bonds is 5. The first kappa shape index (κ1) is 24.0. The maximum atomic E-state index is 10.4. The number of aliphatic imine (C=N–C) groups is 1. The molecule has 0 spiro atoms. The molecule has 4 heterocycles. The number of nitrogens with zero attached hydrogens (tertiary/aromatic N) is 6. The maximum Gasteiger partial charge on any atom is 0.205 e. The first-order valence-electron chi connectivity index (χ1n) is 12.6. The predicted molar refractivity (Wildman–Crippen MR) is 141 cm³/mol. The van der Waals surface area contributed by atoms with Crippen LogP contribution in [-0.4, -0.2) is 61.6 Å². The number of aromatic hydroxyl groups is 1. The van der Waals surface area contributed by atoms with Crippen molar-refractivity contribution >= 4 is 17.5 Å². The summed E-state index contributed by atoms with van der Waals surface area (Å²) in [6.45, 7) is 7.90. The maximum absolute atomic E-state index is 10.4. The number of pyridine rings is 1. The normalized spacial score (nSPS) is 18.3. The van der Waals surface area contributed by atoms with E-state index in [9.17, 15) is 5.11 Å². The highest BCUT2D eigenvalue weighted by Gasteiger charge is 2.35. The fraction of sp³-hybridized carbons (Fsp3) is 0.444. The third kappa shape index (κ3) is 4.57. The molecular formula is C27H35N7O2. The highest BCUT2D eigenvalue weighted by molar-refractivity contribution is 5.85. The number of nitrogens with one attached hydrogen (secondary N) is 1. The summed E-state index contributed by atoms with van der Waals surface area (Å²) < 4.78 is 8.19. The van der Waals surface area contributed by atoms with Crippen LogP contribution in [-0.2, 0) is 7.05 Å². The lowest BCUT2D eigenvalue weighted by molar-refractivity contribution is 0.123. The molecule has 36 heavy (non-hydrogen) atoms. The summed E-state index contributed by atoms with van der Waals surface area (Å²) in [5, 5.41) is 14.2. The molecule has 2 N–H and O–H groups in total. The Morgan fingerprint density at radius 3 is 2.53 bits per heavy atom. The van der Waals surface area contributed by atoms with Crippen molar-refractivity contribution in [2.45, 2.75) is 51.8 Å². The molecule has 0 aliphatic carbocycles. The fourth-order valence-electron chi connectivity index (χ4n) is 5.02. The van der Waals surface area contributed by atoms with Crippen molar-refractivity contribution in [2.24, 2.45) is 12.0 Å². The fourth-order valence-corrected chi connectivity index (χ4v) is 5.02. The number of hydrogen-bond donors (Lipinski definition) is 2. The van der Waals surface area contributed by atoms with Crippen LogP contribution in [0.3, 0.4) is 0 Å². The van der Waals surface area contributed by atoms with Crippen molar-refractivity contribution in [3.05, 3.63) is 59.8 Å². The van der Waals surface area contributed by atoms with Gasteiger partial charge in [-0.1, -0.05) is 13.8 Å². The molecule has 2 aliphatic rings. The second-order valence-corrected chi connectivity index (χ2v) is 10.0. The number of guanidine groups is 1. The molecule has 1 aromatic carbocycles. The Kier molecular flexibility index (Phi) is 6.47. The Balaban J connectivity index is 1.37. The molecule has 9 heteroatoms. The molecule has 0 saturated carbocycles. The van der Waals surface area contributed by atoms with Gasteiger partial charge in [0.05, 0.1) is 6.33 Å². The summed E-state index contributed by atoms with van der Waals surface area (Å²) in [7, 11) is 4.07. The Morgan fingerprint density at radius 1 is 1.11 bits per heavy atom. The van der Waals surface area contributed by atoms with Crippen molar-refractivity contribution in [1.82, 2.24) is 24.3 Å². The number of phenolic OH excluding ortho intramolecular Hbond substituents is 1. The molecule has 1 saturated heterocycles. The summed E-state index contributed by atoms with van der Waals surface area (Å²) in [6, 6.07) is 7.71. The number of fused-ring (bicyclic) bond motifs is 1. The van der Waals surface area contributed by atoms with Crippen LogP contribution in [0, 0.1) is 6.92 Å². The lowest BCUT2D eigenvalue weighted by Crippen LogP contribution is -2.51. The molecule has 1 fully saturated rings. The van der Waals surface area contributed by atoms with Crippen molar-refractivity contribution < 1.29 is 9.84 Å². The van der Waals surface area contributed by atoms with Crippen LogP contribution in [0.5, 0.6) is 11.5 Å². The van der Waals surface area contributed by atoms with Crippen LogP contribution in [0.1, 0.15) is 55.6 Å². The third-order valence-corrected chi connectivity index (χ3v) is 7.10. The smallest absolute Gasteiger partial charge is 0.205 e. The van der Waals surface area contributed by atoms with Crippen molar-refractivity contribution in [3.63, 3.8) is 0 Å². The number of piperidine rings is 1. The van der Waals surface area contributed by atoms with Gasteiger partial charge in [-0.15, -0.1) is 0 Å². The standard InChI is InChI=1S/C27H35N7O2/c1-17(2)21-15-22(18(3)14-23(21)35)30-26-24-25(29-16-32(24)4)31-27(33(26)5)34-12-8-20(9-13-34)36-19-6-10-28-11-7-19/h6-7,10-11,14-17,20,26,30,35H,8-9,12-13H2,1-5H3. The van der Waals surface area contributed by atoms with Gasteiger partial charge in [-0.3, -0.25) is 4.98 Å². The van der Waals surface area contributed by atoms with Crippen LogP contribution in [0.15, 0.2) is 48.0 Å². The number of aromatic nitrogens is 3. The molecule has 2 aromatic heterocycles. The van der Waals surface area contributed by atoms with Gasteiger partial charge in [0, 0.05) is 58.1 Å². The molecule has 0 bridgehead atoms. The second-order valence-electron chi connectivity index (χ2n) is 10.0. The molecule has 1 atom stereocenters. The van der Waals surface area contributed by atoms with E-state index >= 15 is 0 Å². The summed E-state index contributed by atoms with van der Waals surface area (Å²) in [4.78, 5) is 18.1. The third-order valence-electron chi connectivity index (χ3n) is 7.10. The first-order chi connectivity index (χ1) is 17.3. The molecule has 5 rings (SSSR count). The van der Waals surface area contributed by atoms with E-state index in [1.807, 2.05) is 43.1 Å². The second kappa shape index (κ2) is 9.72. The zero-order valence-corrected chi connectivity index (χ0v) is 21.6. The topological polar surface area (TPSA) is 91.0 Å². The molecule has 0 amide bonds. The van der Waals surface area contributed by atoms with Crippen LogP contribution in [0.4, 0.5) is 11.5 Å². The molecule has 1 unspecified atom stereocenters. The molecule has 3 aromatic rings. The van der Waals surface area contributed by atoms with E-state index in [1.54, 1.807) is 12.4 Å². The van der Waals surface area contributed by atoms with Gasteiger partial charge in [0.15, 0.2) is 5.82 Å². The average molecular weight is 490 g/mol. The average Bonchev–Trinajstić information content (AvgIpc) is 3.23. The largest absolute Gasteiger partial charge is 0.508 e. The Bertz CT molecular complexity index is 1250. The zero-order chi connectivity index (χ0) is 25.4. The lowest BCUT2D eigenvalue weighted by atomic mass is 9.99. The molecule has 2 aliphatic heterocycles. The Morgan fingerprint density at radius 2 is 1.83 bits per heavy atom. The van der Waals surface area contributed by atoms with Gasteiger partial charge in [-0.05, 0) is 48.2 Å². The van der Waals surface area contributed by atoms with Crippen LogP contribution >= 0.6 is 0 Å². The lowest BCUT2D eigenvalue weighted by Gasteiger charge is -2.42. The SMILES string of the molecule is Cc1cc(O)c(C(C)C)cc1NC1c2c(ncn2C)N=C(N2CCC(Oc3ccncc3)CC2)N1C. The van der Waals surface area contributed by atoms with Gasteiger partial charge in [0.2, 0.25) is 5.96 Å². The van der Waals surface area contributed by atoms with E-state index in [0.717, 1.165) is 66.0 Å². The van der Waals surface area contributed by atoms with Gasteiger partial charge in [0.25, 0.3) is 0 Å². The zero-order valence-electron chi connectivity index (χ0n) is 21.6. The van der Waals surface area contributed by atoms with Crippen LogP contribution in [0.2, 0.25) is 0 Å². The molecule has 190 valence electrons.